The number of nitrogen functional groups attached to an aromatic ring is 1. The van der Waals surface area contributed by atoms with E-state index in [1.807, 2.05) is 65.8 Å². The lowest BCUT2D eigenvalue weighted by Crippen LogP contribution is -2.38. The Morgan fingerprint density at radius 1 is 1.24 bits per heavy atom. The molecule has 0 bridgehead atoms. The molecule has 1 aliphatic heterocycles. The second-order valence-electron chi connectivity index (χ2n) is 9.95. The smallest absolute Gasteiger partial charge is 0.410 e. The Balaban J connectivity index is 0.00000195. The minimum atomic E-state index is -0.616. The van der Waals surface area contributed by atoms with Crippen molar-refractivity contribution in [3.63, 3.8) is 0 Å². The summed E-state index contributed by atoms with van der Waals surface area (Å²) in [5.74, 6) is 0.174. The first-order valence-corrected chi connectivity index (χ1v) is 13.1. The van der Waals surface area contributed by atoms with E-state index in [4.69, 9.17) is 25.0 Å². The fourth-order valence-corrected chi connectivity index (χ4v) is 4.28. The van der Waals surface area contributed by atoms with Gasteiger partial charge in [0, 0.05) is 24.7 Å². The molecule has 38 heavy (non-hydrogen) atoms. The van der Waals surface area contributed by atoms with Crippen molar-refractivity contribution in [1.82, 2.24) is 24.9 Å². The molecule has 3 N–H and O–H groups in total. The van der Waals surface area contributed by atoms with Crippen molar-refractivity contribution >= 4 is 22.8 Å². The van der Waals surface area contributed by atoms with E-state index in [0.29, 0.717) is 42.8 Å². The summed E-state index contributed by atoms with van der Waals surface area (Å²) in [5.41, 5.74) is 7.76. The van der Waals surface area contributed by atoms with Crippen LogP contribution in [0.1, 0.15) is 72.3 Å². The number of benzene rings is 1. The SMILES string of the molecule is CC.CCCC(CN(C)C(=O)OC(C)(C)C)n1nc(-c2ccc(C3OCCO3)cc2)c2c(N)n[nH]c(=O)c21. The van der Waals surface area contributed by atoms with Gasteiger partial charge in [0.15, 0.2) is 12.1 Å². The van der Waals surface area contributed by atoms with Gasteiger partial charge in [-0.25, -0.2) is 9.89 Å². The number of aromatic nitrogens is 4. The molecule has 2 aromatic heterocycles. The van der Waals surface area contributed by atoms with Crippen molar-refractivity contribution < 1.29 is 19.0 Å². The quantitative estimate of drug-likeness (QED) is 0.452. The summed E-state index contributed by atoms with van der Waals surface area (Å²) in [6.07, 6.45) is 0.667. The molecular weight excluding hydrogens is 488 g/mol. The molecule has 1 amide bonds. The van der Waals surface area contributed by atoms with Crippen LogP contribution in [0.3, 0.4) is 0 Å². The van der Waals surface area contributed by atoms with E-state index in [2.05, 4.69) is 10.2 Å². The minimum absolute atomic E-state index is 0.174. The highest BCUT2D eigenvalue weighted by Gasteiger charge is 2.27. The molecule has 0 aliphatic carbocycles. The van der Waals surface area contributed by atoms with Crippen molar-refractivity contribution in [2.45, 2.75) is 72.3 Å². The molecule has 1 aliphatic rings. The van der Waals surface area contributed by atoms with E-state index >= 15 is 0 Å². The van der Waals surface area contributed by atoms with Crippen LogP contribution in [0.15, 0.2) is 29.1 Å². The Labute approximate surface area is 223 Å². The average Bonchev–Trinajstić information content (AvgIpc) is 3.56. The fourth-order valence-electron chi connectivity index (χ4n) is 4.28. The molecule has 11 nitrogen and oxygen atoms in total. The molecule has 1 saturated heterocycles. The molecule has 1 atom stereocenters. The maximum atomic E-state index is 13.0. The van der Waals surface area contributed by atoms with Crippen molar-refractivity contribution in [3.05, 3.63) is 40.2 Å². The van der Waals surface area contributed by atoms with Crippen molar-refractivity contribution in [2.75, 3.05) is 32.5 Å². The van der Waals surface area contributed by atoms with Crippen LogP contribution in [-0.4, -0.2) is 63.4 Å². The van der Waals surface area contributed by atoms with Crippen LogP contribution in [0.25, 0.3) is 22.2 Å². The van der Waals surface area contributed by atoms with Gasteiger partial charge in [-0.3, -0.25) is 9.48 Å². The van der Waals surface area contributed by atoms with Crippen LogP contribution in [-0.2, 0) is 14.2 Å². The van der Waals surface area contributed by atoms with E-state index in [0.717, 1.165) is 17.5 Å². The predicted molar refractivity (Wildman–Crippen MR) is 147 cm³/mol. The molecule has 1 aromatic carbocycles. The van der Waals surface area contributed by atoms with Crippen molar-refractivity contribution in [1.29, 1.82) is 0 Å². The highest BCUT2D eigenvalue weighted by molar-refractivity contribution is 5.99. The number of hydrogen-bond donors (Lipinski definition) is 2. The fraction of sp³-hybridized carbons (Fsp3) is 0.556. The Hall–Kier alpha value is -3.44. The van der Waals surface area contributed by atoms with Gasteiger partial charge in [0.25, 0.3) is 5.56 Å². The zero-order valence-electron chi connectivity index (χ0n) is 23.4. The van der Waals surface area contributed by atoms with Gasteiger partial charge in [-0.15, -0.1) is 0 Å². The Kier molecular flexibility index (Phi) is 9.50. The molecule has 3 aromatic rings. The molecule has 0 saturated carbocycles. The van der Waals surface area contributed by atoms with Gasteiger partial charge in [0.2, 0.25) is 0 Å². The number of nitrogens with zero attached hydrogens (tertiary/aromatic N) is 4. The van der Waals surface area contributed by atoms with Gasteiger partial charge in [0.1, 0.15) is 16.8 Å². The van der Waals surface area contributed by atoms with Crippen LogP contribution in [0, 0.1) is 0 Å². The first-order chi connectivity index (χ1) is 18.1. The molecule has 1 fully saturated rings. The van der Waals surface area contributed by atoms with Crippen LogP contribution in [0.2, 0.25) is 0 Å². The molecule has 208 valence electrons. The van der Waals surface area contributed by atoms with E-state index in [-0.39, 0.29) is 18.1 Å². The Bertz CT molecular complexity index is 1270. The van der Waals surface area contributed by atoms with Gasteiger partial charge in [0.05, 0.1) is 24.6 Å². The Morgan fingerprint density at radius 3 is 2.45 bits per heavy atom. The number of aromatic amines is 1. The number of amides is 1. The maximum Gasteiger partial charge on any atom is 0.410 e. The van der Waals surface area contributed by atoms with Crippen LogP contribution >= 0.6 is 0 Å². The Morgan fingerprint density at radius 2 is 1.87 bits per heavy atom. The van der Waals surface area contributed by atoms with Crippen molar-refractivity contribution in [3.8, 4) is 11.3 Å². The summed E-state index contributed by atoms with van der Waals surface area (Å²) in [4.78, 5) is 27.1. The number of fused-ring (bicyclic) bond motifs is 1. The van der Waals surface area contributed by atoms with E-state index in [9.17, 15) is 9.59 Å². The highest BCUT2D eigenvalue weighted by Crippen LogP contribution is 2.33. The highest BCUT2D eigenvalue weighted by atomic mass is 16.7. The zero-order chi connectivity index (χ0) is 28.0. The first kappa shape index (κ1) is 29.1. The van der Waals surface area contributed by atoms with Crippen LogP contribution in [0.5, 0.6) is 0 Å². The first-order valence-electron chi connectivity index (χ1n) is 13.1. The summed E-state index contributed by atoms with van der Waals surface area (Å²) in [5, 5.41) is 11.8. The summed E-state index contributed by atoms with van der Waals surface area (Å²) < 4.78 is 18.3. The van der Waals surface area contributed by atoms with Gasteiger partial charge < -0.3 is 24.8 Å². The molecule has 3 heterocycles. The number of hydrogen-bond acceptors (Lipinski definition) is 8. The second-order valence-corrected chi connectivity index (χ2v) is 9.95. The summed E-state index contributed by atoms with van der Waals surface area (Å²) in [6, 6.07) is 7.33. The number of rotatable bonds is 7. The molecular formula is C27H40N6O5. The third-order valence-electron chi connectivity index (χ3n) is 5.90. The van der Waals surface area contributed by atoms with Gasteiger partial charge >= 0.3 is 6.09 Å². The van der Waals surface area contributed by atoms with E-state index in [1.54, 1.807) is 11.7 Å². The molecule has 1 unspecified atom stereocenters. The minimum Gasteiger partial charge on any atom is -0.444 e. The summed E-state index contributed by atoms with van der Waals surface area (Å²) in [6.45, 7) is 12.9. The number of nitrogens with one attached hydrogen (secondary N) is 1. The van der Waals surface area contributed by atoms with Crippen LogP contribution in [0.4, 0.5) is 10.6 Å². The lowest BCUT2D eigenvalue weighted by Gasteiger charge is -2.28. The third-order valence-corrected chi connectivity index (χ3v) is 5.90. The average molecular weight is 529 g/mol. The van der Waals surface area contributed by atoms with E-state index in [1.165, 1.54) is 4.90 Å². The number of H-pyrrole nitrogens is 1. The molecule has 4 rings (SSSR count). The number of likely N-dealkylation sites (N-methyl/N-ethyl adjacent to an activating group) is 1. The lowest BCUT2D eigenvalue weighted by molar-refractivity contribution is -0.0441. The van der Waals surface area contributed by atoms with Gasteiger partial charge in [-0.1, -0.05) is 51.5 Å². The normalized spacial score (nSPS) is 14.7. The van der Waals surface area contributed by atoms with Gasteiger partial charge in [-0.2, -0.15) is 10.2 Å². The largest absolute Gasteiger partial charge is 0.444 e. The molecule has 0 spiro atoms. The predicted octanol–water partition coefficient (Wildman–Crippen LogP) is 4.65. The third kappa shape index (κ3) is 6.51. The topological polar surface area (TPSA) is 138 Å². The summed E-state index contributed by atoms with van der Waals surface area (Å²) >= 11 is 0. The second kappa shape index (κ2) is 12.4. The zero-order valence-corrected chi connectivity index (χ0v) is 23.4. The number of carbonyl (C=O) groups is 1. The van der Waals surface area contributed by atoms with Crippen LogP contribution < -0.4 is 11.3 Å². The van der Waals surface area contributed by atoms with Crippen molar-refractivity contribution in [2.24, 2.45) is 0 Å². The monoisotopic (exact) mass is 528 g/mol. The lowest BCUT2D eigenvalue weighted by atomic mass is 10.1. The van der Waals surface area contributed by atoms with Gasteiger partial charge in [-0.05, 0) is 27.2 Å². The number of anilines is 1. The summed E-state index contributed by atoms with van der Waals surface area (Å²) in [7, 11) is 1.68. The molecule has 11 heteroatoms. The number of nitrogens with two attached hydrogens (primary N) is 1. The van der Waals surface area contributed by atoms with E-state index < -0.39 is 17.3 Å². The standard InChI is InChI=1S/C25H34N6O5.C2H6/c1-6-7-17(14-30(5)24(33)36-25(2,3)4)31-20-18(21(26)27-28-22(20)32)19(29-31)15-8-10-16(11-9-15)23-34-12-13-35-23;1-2/h8-11,17,23H,6-7,12-14H2,1-5H3,(H2,26,27)(H,28,32);1-2H3. The molecule has 0 radical (unpaired) electrons. The number of ether oxygens (including phenoxy) is 3. The maximum absolute atomic E-state index is 13.0. The number of carbonyl (C=O) groups excluding carboxylic acids is 1.